The maximum Gasteiger partial charge on any atom is 0.224 e. The Hall–Kier alpha value is -1.89. The van der Waals surface area contributed by atoms with Gasteiger partial charge in [0.2, 0.25) is 5.91 Å². The zero-order valence-electron chi connectivity index (χ0n) is 12.1. The summed E-state index contributed by atoms with van der Waals surface area (Å²) in [5.74, 6) is 7.58. The minimum absolute atomic E-state index is 0.204. The van der Waals surface area contributed by atoms with Gasteiger partial charge in [-0.2, -0.15) is 0 Å². The Labute approximate surface area is 118 Å². The molecule has 1 aliphatic heterocycles. The average Bonchev–Trinajstić information content (AvgIpc) is 2.96. The molecule has 0 atom stereocenters. The van der Waals surface area contributed by atoms with Crippen LogP contribution in [0.4, 0.5) is 11.6 Å². The first-order chi connectivity index (χ1) is 9.61. The summed E-state index contributed by atoms with van der Waals surface area (Å²) in [6.45, 7) is 6.05. The monoisotopic (exact) mass is 278 g/mol. The van der Waals surface area contributed by atoms with Crippen LogP contribution in [0.2, 0.25) is 0 Å². The Kier molecular flexibility index (Phi) is 4.73. The number of nitrogens with zero attached hydrogens (tertiary/aromatic N) is 3. The van der Waals surface area contributed by atoms with Gasteiger partial charge in [0.1, 0.15) is 17.5 Å². The third-order valence-electron chi connectivity index (χ3n) is 3.48. The highest BCUT2D eigenvalue weighted by atomic mass is 16.2. The number of amides is 1. The molecule has 7 nitrogen and oxygen atoms in total. The fourth-order valence-electron chi connectivity index (χ4n) is 2.35. The number of aryl methyl sites for hydroxylation is 1. The molecule has 1 fully saturated rings. The molecule has 2 heterocycles. The van der Waals surface area contributed by atoms with Crippen molar-refractivity contribution in [3.63, 3.8) is 0 Å². The number of hydrogen-bond acceptors (Lipinski definition) is 6. The fraction of sp³-hybridized carbons (Fsp3) is 0.615. The normalized spacial score (nSPS) is 14.4. The first-order valence-electron chi connectivity index (χ1n) is 6.95. The number of carbonyl (C=O) groups is 1. The van der Waals surface area contributed by atoms with Crippen LogP contribution in [-0.4, -0.2) is 40.4 Å². The maximum atomic E-state index is 11.9. The lowest BCUT2D eigenvalue weighted by atomic mass is 10.3. The highest BCUT2D eigenvalue weighted by Crippen LogP contribution is 2.18. The smallest absolute Gasteiger partial charge is 0.224 e. The molecule has 0 aliphatic carbocycles. The zero-order valence-corrected chi connectivity index (χ0v) is 12.1. The van der Waals surface area contributed by atoms with Crippen molar-refractivity contribution < 1.29 is 4.79 Å². The topological polar surface area (TPSA) is 96.2 Å². The number of aromatic nitrogens is 2. The van der Waals surface area contributed by atoms with Gasteiger partial charge in [0.25, 0.3) is 0 Å². The van der Waals surface area contributed by atoms with Crippen LogP contribution in [0, 0.1) is 13.8 Å². The second kappa shape index (κ2) is 6.51. The van der Waals surface area contributed by atoms with E-state index < -0.39 is 0 Å². The molecular weight excluding hydrogens is 256 g/mol. The SMILES string of the molecule is Cc1nc(NN)c(C)c(NCCC(=O)N2CCCC2)n1. The van der Waals surface area contributed by atoms with Crippen molar-refractivity contribution in [2.24, 2.45) is 5.84 Å². The second-order valence-corrected chi connectivity index (χ2v) is 5.00. The molecule has 2 rings (SSSR count). The molecule has 1 aliphatic rings. The maximum absolute atomic E-state index is 11.9. The van der Waals surface area contributed by atoms with E-state index in [9.17, 15) is 4.79 Å². The lowest BCUT2D eigenvalue weighted by molar-refractivity contribution is -0.129. The molecular formula is C13H22N6O. The van der Waals surface area contributed by atoms with Gasteiger partial charge in [-0.1, -0.05) is 0 Å². The average molecular weight is 278 g/mol. The second-order valence-electron chi connectivity index (χ2n) is 5.00. The molecule has 0 spiro atoms. The highest BCUT2D eigenvalue weighted by Gasteiger charge is 2.17. The van der Waals surface area contributed by atoms with E-state index >= 15 is 0 Å². The van der Waals surface area contributed by atoms with E-state index in [4.69, 9.17) is 5.84 Å². The van der Waals surface area contributed by atoms with Crippen LogP contribution in [0.25, 0.3) is 0 Å². The van der Waals surface area contributed by atoms with E-state index in [-0.39, 0.29) is 5.91 Å². The Morgan fingerprint density at radius 1 is 1.25 bits per heavy atom. The van der Waals surface area contributed by atoms with Crippen LogP contribution in [0.3, 0.4) is 0 Å². The predicted octanol–water partition coefficient (Wildman–Crippen LogP) is 0.803. The Morgan fingerprint density at radius 3 is 2.55 bits per heavy atom. The largest absolute Gasteiger partial charge is 0.369 e. The van der Waals surface area contributed by atoms with Crippen molar-refractivity contribution in [2.75, 3.05) is 30.4 Å². The van der Waals surface area contributed by atoms with Crippen LogP contribution in [0.5, 0.6) is 0 Å². The number of anilines is 2. The number of rotatable bonds is 5. The van der Waals surface area contributed by atoms with Gasteiger partial charge in [-0.3, -0.25) is 4.79 Å². The Balaban J connectivity index is 1.90. The quantitative estimate of drug-likeness (QED) is 0.544. The number of nitrogens with one attached hydrogen (secondary N) is 2. The summed E-state index contributed by atoms with van der Waals surface area (Å²) >= 11 is 0. The van der Waals surface area contributed by atoms with E-state index in [1.807, 2.05) is 11.8 Å². The summed E-state index contributed by atoms with van der Waals surface area (Å²) in [5, 5.41) is 3.19. The number of likely N-dealkylation sites (tertiary alicyclic amines) is 1. The molecule has 0 radical (unpaired) electrons. The third-order valence-corrected chi connectivity index (χ3v) is 3.48. The zero-order chi connectivity index (χ0) is 14.5. The summed E-state index contributed by atoms with van der Waals surface area (Å²) in [6.07, 6.45) is 2.72. The van der Waals surface area contributed by atoms with Gasteiger partial charge in [-0.25, -0.2) is 15.8 Å². The molecule has 1 aromatic rings. The van der Waals surface area contributed by atoms with Crippen LogP contribution >= 0.6 is 0 Å². The molecule has 0 saturated carbocycles. The van der Waals surface area contributed by atoms with E-state index in [1.165, 1.54) is 0 Å². The first kappa shape index (κ1) is 14.5. The van der Waals surface area contributed by atoms with Crippen molar-refractivity contribution in [3.05, 3.63) is 11.4 Å². The first-order valence-corrected chi connectivity index (χ1v) is 6.95. The predicted molar refractivity (Wildman–Crippen MR) is 78.2 cm³/mol. The standard InChI is InChI=1S/C13H22N6O/c1-9-12(16-10(2)17-13(9)18-14)15-6-5-11(20)19-7-3-4-8-19/h3-8,14H2,1-2H3,(H2,15,16,17,18). The Bertz CT molecular complexity index is 484. The number of nitrogen functional groups attached to an aromatic ring is 1. The number of carbonyl (C=O) groups excluding carboxylic acids is 1. The molecule has 1 saturated heterocycles. The van der Waals surface area contributed by atoms with Gasteiger partial charge in [0.05, 0.1) is 0 Å². The van der Waals surface area contributed by atoms with Crippen LogP contribution in [0.15, 0.2) is 0 Å². The van der Waals surface area contributed by atoms with E-state index in [0.717, 1.165) is 37.3 Å². The van der Waals surface area contributed by atoms with Gasteiger partial charge in [-0.05, 0) is 26.7 Å². The van der Waals surface area contributed by atoms with Crippen molar-refractivity contribution in [1.82, 2.24) is 14.9 Å². The summed E-state index contributed by atoms with van der Waals surface area (Å²) in [4.78, 5) is 22.4. The molecule has 110 valence electrons. The molecule has 1 aromatic heterocycles. The summed E-state index contributed by atoms with van der Waals surface area (Å²) in [6, 6.07) is 0. The van der Waals surface area contributed by atoms with Crippen molar-refractivity contribution >= 4 is 17.5 Å². The Morgan fingerprint density at radius 2 is 1.90 bits per heavy atom. The highest BCUT2D eigenvalue weighted by molar-refractivity contribution is 5.77. The van der Waals surface area contributed by atoms with Gasteiger partial charge in [0.15, 0.2) is 0 Å². The third kappa shape index (κ3) is 3.36. The molecule has 4 N–H and O–H groups in total. The van der Waals surface area contributed by atoms with Crippen molar-refractivity contribution in [3.8, 4) is 0 Å². The summed E-state index contributed by atoms with van der Waals surface area (Å²) in [7, 11) is 0. The number of nitrogens with two attached hydrogens (primary N) is 1. The molecule has 1 amide bonds. The number of hydrazine groups is 1. The van der Waals surface area contributed by atoms with Gasteiger partial charge in [-0.15, -0.1) is 0 Å². The fourth-order valence-corrected chi connectivity index (χ4v) is 2.35. The summed E-state index contributed by atoms with van der Waals surface area (Å²) in [5.41, 5.74) is 3.41. The van der Waals surface area contributed by atoms with E-state index in [2.05, 4.69) is 20.7 Å². The molecule has 0 aromatic carbocycles. The lowest BCUT2D eigenvalue weighted by Crippen LogP contribution is -2.29. The number of hydrogen-bond donors (Lipinski definition) is 3. The molecule has 0 unspecified atom stereocenters. The minimum Gasteiger partial charge on any atom is -0.369 e. The molecule has 0 bridgehead atoms. The van der Waals surface area contributed by atoms with Gasteiger partial charge >= 0.3 is 0 Å². The molecule has 20 heavy (non-hydrogen) atoms. The molecule has 7 heteroatoms. The van der Waals surface area contributed by atoms with E-state index in [0.29, 0.717) is 24.6 Å². The van der Waals surface area contributed by atoms with E-state index in [1.54, 1.807) is 6.92 Å². The van der Waals surface area contributed by atoms with Gasteiger partial charge < -0.3 is 15.6 Å². The van der Waals surface area contributed by atoms with Crippen LogP contribution < -0.4 is 16.6 Å². The van der Waals surface area contributed by atoms with Crippen LogP contribution in [-0.2, 0) is 4.79 Å². The van der Waals surface area contributed by atoms with Gasteiger partial charge in [0, 0.05) is 31.6 Å². The summed E-state index contributed by atoms with van der Waals surface area (Å²) < 4.78 is 0. The minimum atomic E-state index is 0.204. The van der Waals surface area contributed by atoms with Crippen molar-refractivity contribution in [1.29, 1.82) is 0 Å². The van der Waals surface area contributed by atoms with Crippen LogP contribution in [0.1, 0.15) is 30.7 Å². The lowest BCUT2D eigenvalue weighted by Gasteiger charge is -2.16. The van der Waals surface area contributed by atoms with Crippen molar-refractivity contribution in [2.45, 2.75) is 33.1 Å².